The minimum absolute atomic E-state index is 0.243. The lowest BCUT2D eigenvalue weighted by Gasteiger charge is -2.21. The fourth-order valence-electron chi connectivity index (χ4n) is 2.02. The van der Waals surface area contributed by atoms with Gasteiger partial charge in [-0.25, -0.2) is 13.9 Å². The van der Waals surface area contributed by atoms with Gasteiger partial charge in [0, 0.05) is 16.3 Å². The molecule has 1 aromatic heterocycles. The molecule has 6 nitrogen and oxygen atoms in total. The zero-order chi connectivity index (χ0) is 16.0. The van der Waals surface area contributed by atoms with Gasteiger partial charge in [-0.05, 0) is 26.3 Å². The van der Waals surface area contributed by atoms with E-state index in [0.717, 1.165) is 22.0 Å². The van der Waals surface area contributed by atoms with Gasteiger partial charge in [-0.3, -0.25) is 10.0 Å². The number of hydroxylamine groups is 1. The van der Waals surface area contributed by atoms with Crippen LogP contribution in [0.5, 0.6) is 0 Å². The molecule has 8 heteroatoms. The van der Waals surface area contributed by atoms with Gasteiger partial charge in [0.25, 0.3) is 5.91 Å². The SMILES string of the molecule is CCCCCN(CC(=O)NO)S(=O)(=O)c1cc(C)sc1C. The monoisotopic (exact) mass is 334 g/mol. The van der Waals surface area contributed by atoms with E-state index < -0.39 is 15.9 Å². The smallest absolute Gasteiger partial charge is 0.258 e. The van der Waals surface area contributed by atoms with Crippen molar-refractivity contribution in [3.63, 3.8) is 0 Å². The molecule has 0 aliphatic rings. The van der Waals surface area contributed by atoms with Crippen LogP contribution in [-0.4, -0.2) is 36.9 Å². The second-order valence-electron chi connectivity index (χ2n) is 4.86. The van der Waals surface area contributed by atoms with Crippen molar-refractivity contribution in [2.75, 3.05) is 13.1 Å². The summed E-state index contributed by atoms with van der Waals surface area (Å²) in [5, 5.41) is 8.63. The van der Waals surface area contributed by atoms with Gasteiger partial charge in [-0.15, -0.1) is 11.3 Å². The summed E-state index contributed by atoms with van der Waals surface area (Å²) in [5.74, 6) is -0.736. The van der Waals surface area contributed by atoms with Crippen molar-refractivity contribution in [2.24, 2.45) is 0 Å². The van der Waals surface area contributed by atoms with E-state index in [1.165, 1.54) is 16.8 Å². The molecule has 0 saturated carbocycles. The number of aryl methyl sites for hydroxylation is 2. The van der Waals surface area contributed by atoms with Crippen molar-refractivity contribution in [3.05, 3.63) is 15.8 Å². The first-order valence-electron chi connectivity index (χ1n) is 6.83. The second kappa shape index (κ2) is 7.88. The summed E-state index contributed by atoms with van der Waals surface area (Å²) in [4.78, 5) is 13.2. The molecule has 1 aromatic rings. The highest BCUT2D eigenvalue weighted by atomic mass is 32.2. The molecule has 0 bridgehead atoms. The summed E-state index contributed by atoms with van der Waals surface area (Å²) < 4.78 is 26.5. The number of sulfonamides is 1. The molecule has 2 N–H and O–H groups in total. The van der Waals surface area contributed by atoms with E-state index in [9.17, 15) is 13.2 Å². The Hall–Kier alpha value is -0.960. The van der Waals surface area contributed by atoms with Crippen molar-refractivity contribution in [3.8, 4) is 0 Å². The highest BCUT2D eigenvalue weighted by Gasteiger charge is 2.28. The number of unbranched alkanes of at least 4 members (excludes halogenated alkanes) is 2. The lowest BCUT2D eigenvalue weighted by molar-refractivity contribution is -0.129. The first-order valence-corrected chi connectivity index (χ1v) is 9.08. The number of carbonyl (C=O) groups is 1. The molecule has 0 atom stereocenters. The number of rotatable bonds is 8. The van der Waals surface area contributed by atoms with Crippen LogP contribution in [0.4, 0.5) is 0 Å². The molecular weight excluding hydrogens is 312 g/mol. The van der Waals surface area contributed by atoms with Crippen molar-refractivity contribution >= 4 is 27.3 Å². The summed E-state index contributed by atoms with van der Waals surface area (Å²) >= 11 is 1.41. The Kier molecular flexibility index (Phi) is 6.79. The Balaban J connectivity index is 3.04. The van der Waals surface area contributed by atoms with E-state index in [0.29, 0.717) is 11.3 Å². The van der Waals surface area contributed by atoms with Gasteiger partial charge in [-0.2, -0.15) is 4.31 Å². The van der Waals surface area contributed by atoms with Gasteiger partial charge >= 0.3 is 0 Å². The largest absolute Gasteiger partial charge is 0.289 e. The highest BCUT2D eigenvalue weighted by molar-refractivity contribution is 7.89. The number of hydrogen-bond acceptors (Lipinski definition) is 5. The van der Waals surface area contributed by atoms with Gasteiger partial charge in [0.15, 0.2) is 0 Å². The second-order valence-corrected chi connectivity index (χ2v) is 8.22. The summed E-state index contributed by atoms with van der Waals surface area (Å²) in [5.41, 5.74) is 1.49. The predicted octanol–water partition coefficient (Wildman–Crippen LogP) is 2.05. The molecule has 1 rings (SSSR count). The van der Waals surface area contributed by atoms with Crippen molar-refractivity contribution in [2.45, 2.75) is 44.9 Å². The number of nitrogens with one attached hydrogen (secondary N) is 1. The van der Waals surface area contributed by atoms with Crippen LogP contribution < -0.4 is 5.48 Å². The molecule has 0 aliphatic carbocycles. The first kappa shape index (κ1) is 18.1. The van der Waals surface area contributed by atoms with Gasteiger partial charge in [-0.1, -0.05) is 19.8 Å². The van der Waals surface area contributed by atoms with Gasteiger partial charge in [0.05, 0.1) is 11.4 Å². The van der Waals surface area contributed by atoms with E-state index in [4.69, 9.17) is 5.21 Å². The zero-order valence-electron chi connectivity index (χ0n) is 12.5. The van der Waals surface area contributed by atoms with E-state index in [1.54, 1.807) is 13.0 Å². The van der Waals surface area contributed by atoms with Crippen LogP contribution in [0, 0.1) is 13.8 Å². The molecule has 1 amide bonds. The van der Waals surface area contributed by atoms with Crippen LogP contribution in [-0.2, 0) is 14.8 Å². The molecule has 21 heavy (non-hydrogen) atoms. The van der Waals surface area contributed by atoms with Crippen LogP contribution in [0.15, 0.2) is 11.0 Å². The molecule has 0 fully saturated rings. The topological polar surface area (TPSA) is 86.7 Å². The quantitative estimate of drug-likeness (QED) is 0.433. The van der Waals surface area contributed by atoms with Crippen LogP contribution in [0.3, 0.4) is 0 Å². The van der Waals surface area contributed by atoms with E-state index in [1.807, 2.05) is 13.8 Å². The molecule has 0 unspecified atom stereocenters. The Morgan fingerprint density at radius 2 is 2.05 bits per heavy atom. The Bertz CT molecular complexity index is 581. The number of carbonyl (C=O) groups excluding carboxylic acids is 1. The van der Waals surface area contributed by atoms with Gasteiger partial charge in [0.1, 0.15) is 0 Å². The van der Waals surface area contributed by atoms with Crippen LogP contribution in [0.1, 0.15) is 35.9 Å². The lowest BCUT2D eigenvalue weighted by Crippen LogP contribution is -2.40. The third-order valence-corrected chi connectivity index (χ3v) is 6.14. The molecule has 1 heterocycles. The Labute approximate surface area is 129 Å². The number of thiophene rings is 1. The van der Waals surface area contributed by atoms with Crippen molar-refractivity contribution in [1.82, 2.24) is 9.79 Å². The van der Waals surface area contributed by atoms with Crippen LogP contribution >= 0.6 is 11.3 Å². The number of nitrogens with zero attached hydrogens (tertiary/aromatic N) is 1. The van der Waals surface area contributed by atoms with E-state index >= 15 is 0 Å². The average molecular weight is 334 g/mol. The molecular formula is C13H22N2O4S2. The molecule has 120 valence electrons. The van der Waals surface area contributed by atoms with Crippen molar-refractivity contribution < 1.29 is 18.4 Å². The van der Waals surface area contributed by atoms with Gasteiger partial charge < -0.3 is 0 Å². The van der Waals surface area contributed by atoms with E-state index in [-0.39, 0.29) is 18.0 Å². The zero-order valence-corrected chi connectivity index (χ0v) is 14.2. The summed E-state index contributed by atoms with van der Waals surface area (Å²) in [7, 11) is -3.72. The molecule has 0 saturated heterocycles. The van der Waals surface area contributed by atoms with Crippen LogP contribution in [0.2, 0.25) is 0 Å². The third-order valence-electron chi connectivity index (χ3n) is 3.07. The third kappa shape index (κ3) is 4.77. The summed E-state index contributed by atoms with van der Waals surface area (Å²) in [6.07, 6.45) is 2.52. The molecule has 0 aromatic carbocycles. The maximum absolute atomic E-state index is 12.7. The Morgan fingerprint density at radius 3 is 2.52 bits per heavy atom. The minimum atomic E-state index is -3.72. The molecule has 0 spiro atoms. The van der Waals surface area contributed by atoms with E-state index in [2.05, 4.69) is 0 Å². The molecule has 0 aliphatic heterocycles. The number of amides is 1. The number of hydrogen-bond donors (Lipinski definition) is 2. The maximum Gasteiger partial charge on any atom is 0.258 e. The summed E-state index contributed by atoms with van der Waals surface area (Å²) in [6.45, 7) is 5.50. The normalized spacial score (nSPS) is 11.9. The maximum atomic E-state index is 12.7. The predicted molar refractivity (Wildman–Crippen MR) is 82.0 cm³/mol. The minimum Gasteiger partial charge on any atom is -0.289 e. The molecule has 0 radical (unpaired) electrons. The standard InChI is InChI=1S/C13H22N2O4S2/c1-4-5-6-7-15(9-13(16)14-17)21(18,19)12-8-10(2)20-11(12)3/h8,17H,4-7,9H2,1-3H3,(H,14,16). The fraction of sp³-hybridized carbons (Fsp3) is 0.615. The average Bonchev–Trinajstić information content (AvgIpc) is 2.77. The fourth-order valence-corrected chi connectivity index (χ4v) is 4.98. The Morgan fingerprint density at radius 1 is 1.38 bits per heavy atom. The summed E-state index contributed by atoms with van der Waals surface area (Å²) in [6, 6.07) is 1.62. The van der Waals surface area contributed by atoms with Gasteiger partial charge in [0.2, 0.25) is 10.0 Å². The first-order chi connectivity index (χ1) is 9.82. The highest BCUT2D eigenvalue weighted by Crippen LogP contribution is 2.27. The lowest BCUT2D eigenvalue weighted by atomic mass is 10.2. The van der Waals surface area contributed by atoms with Crippen LogP contribution in [0.25, 0.3) is 0 Å². The van der Waals surface area contributed by atoms with Crippen molar-refractivity contribution in [1.29, 1.82) is 0 Å².